The van der Waals surface area contributed by atoms with E-state index >= 15 is 0 Å². The molecule has 1 aromatic carbocycles. The van der Waals surface area contributed by atoms with E-state index < -0.39 is 12.7 Å². The highest BCUT2D eigenvalue weighted by Crippen LogP contribution is 2.41. The molecule has 1 aliphatic rings. The van der Waals surface area contributed by atoms with E-state index in [0.29, 0.717) is 12.0 Å². The first-order valence-electron chi connectivity index (χ1n) is 5.35. The number of carbonyl (C=O) groups excluding carboxylic acids is 1. The molecule has 2 rings (SSSR count). The van der Waals surface area contributed by atoms with E-state index in [1.807, 2.05) is 0 Å². The first-order valence-corrected chi connectivity index (χ1v) is 5.35. The Hall–Kier alpha value is -1.59. The van der Waals surface area contributed by atoms with E-state index in [0.717, 1.165) is 0 Å². The molecule has 0 saturated heterocycles. The third kappa shape index (κ3) is 1.77. The van der Waals surface area contributed by atoms with E-state index in [1.165, 1.54) is 13.2 Å². The number of phenols is 1. The van der Waals surface area contributed by atoms with Gasteiger partial charge in [-0.2, -0.15) is 0 Å². The maximum absolute atomic E-state index is 11.7. The minimum absolute atomic E-state index is 0.105. The minimum Gasteiger partial charge on any atom is -0.507 e. The SMILES string of the molecule is COc1cc2c(c(O)c1CO)C(=O)CC[C@@H]2O. The van der Waals surface area contributed by atoms with Crippen molar-refractivity contribution in [3.63, 3.8) is 0 Å². The summed E-state index contributed by atoms with van der Waals surface area (Å²) in [5, 5.41) is 28.9. The second kappa shape index (κ2) is 4.35. The van der Waals surface area contributed by atoms with Gasteiger partial charge in [0.1, 0.15) is 11.5 Å². The fourth-order valence-corrected chi connectivity index (χ4v) is 2.14. The molecule has 1 aliphatic carbocycles. The van der Waals surface area contributed by atoms with Gasteiger partial charge in [-0.05, 0) is 18.1 Å². The van der Waals surface area contributed by atoms with Crippen LogP contribution in [-0.2, 0) is 6.61 Å². The van der Waals surface area contributed by atoms with Crippen LogP contribution in [0.15, 0.2) is 6.07 Å². The van der Waals surface area contributed by atoms with E-state index in [1.54, 1.807) is 0 Å². The van der Waals surface area contributed by atoms with Crippen molar-refractivity contribution < 1.29 is 24.9 Å². The van der Waals surface area contributed by atoms with Gasteiger partial charge in [0.2, 0.25) is 0 Å². The molecule has 3 N–H and O–H groups in total. The Labute approximate surface area is 98.3 Å². The summed E-state index contributed by atoms with van der Waals surface area (Å²) in [4.78, 5) is 11.7. The number of Topliss-reactive ketones (excluding diaryl/α,β-unsaturated/α-hetero) is 1. The lowest BCUT2D eigenvalue weighted by Crippen LogP contribution is -2.17. The van der Waals surface area contributed by atoms with Crippen molar-refractivity contribution in [3.05, 3.63) is 22.8 Å². The summed E-state index contributed by atoms with van der Waals surface area (Å²) >= 11 is 0. The van der Waals surface area contributed by atoms with Crippen LogP contribution < -0.4 is 4.74 Å². The third-order valence-corrected chi connectivity index (χ3v) is 3.06. The van der Waals surface area contributed by atoms with Gasteiger partial charge >= 0.3 is 0 Å². The van der Waals surface area contributed by atoms with Crippen LogP contribution in [0.3, 0.4) is 0 Å². The van der Waals surface area contributed by atoms with E-state index in [9.17, 15) is 20.1 Å². The van der Waals surface area contributed by atoms with Gasteiger partial charge in [0.05, 0.1) is 30.9 Å². The number of aliphatic hydroxyl groups is 2. The summed E-state index contributed by atoms with van der Waals surface area (Å²) in [6.07, 6.45) is -0.249. The zero-order valence-corrected chi connectivity index (χ0v) is 9.43. The highest BCUT2D eigenvalue weighted by atomic mass is 16.5. The van der Waals surface area contributed by atoms with Crippen LogP contribution in [0.5, 0.6) is 11.5 Å². The van der Waals surface area contributed by atoms with Crippen LogP contribution >= 0.6 is 0 Å². The van der Waals surface area contributed by atoms with Crippen LogP contribution in [0, 0.1) is 0 Å². The molecule has 17 heavy (non-hydrogen) atoms. The standard InChI is InChI=1S/C12H14O5/c1-17-10-4-6-8(14)2-3-9(15)11(6)12(16)7(10)5-13/h4,8,13-14,16H,2-3,5H2,1H3/t8-/m0/s1. The van der Waals surface area contributed by atoms with Crippen molar-refractivity contribution in [1.29, 1.82) is 0 Å². The van der Waals surface area contributed by atoms with Crippen molar-refractivity contribution in [3.8, 4) is 11.5 Å². The molecule has 0 aromatic heterocycles. The zero-order chi connectivity index (χ0) is 12.6. The number of aromatic hydroxyl groups is 1. The summed E-state index contributed by atoms with van der Waals surface area (Å²) in [5.74, 6) is -0.233. The van der Waals surface area contributed by atoms with Crippen molar-refractivity contribution in [2.75, 3.05) is 7.11 Å². The lowest BCUT2D eigenvalue weighted by Gasteiger charge is -2.23. The Balaban J connectivity index is 2.70. The Kier molecular flexibility index (Phi) is 3.04. The molecule has 1 aromatic rings. The number of ether oxygens (including phenoxy) is 1. The first kappa shape index (κ1) is 11.9. The molecule has 0 radical (unpaired) electrons. The van der Waals surface area contributed by atoms with Gasteiger partial charge in [0.25, 0.3) is 0 Å². The number of methoxy groups -OCH3 is 1. The van der Waals surface area contributed by atoms with Gasteiger partial charge in [-0.1, -0.05) is 0 Å². The fraction of sp³-hybridized carbons (Fsp3) is 0.417. The molecule has 0 amide bonds. The number of hydrogen-bond donors (Lipinski definition) is 3. The largest absolute Gasteiger partial charge is 0.507 e. The van der Waals surface area contributed by atoms with E-state index in [2.05, 4.69) is 0 Å². The highest BCUT2D eigenvalue weighted by molar-refractivity contribution is 6.01. The molecular weight excluding hydrogens is 224 g/mol. The average molecular weight is 238 g/mol. The molecule has 0 unspecified atom stereocenters. The maximum Gasteiger partial charge on any atom is 0.167 e. The molecule has 1 atom stereocenters. The lowest BCUT2D eigenvalue weighted by atomic mass is 9.86. The minimum atomic E-state index is -0.782. The predicted octanol–water partition coefficient (Wildman–Crippen LogP) is 0.903. The summed E-state index contributed by atoms with van der Waals surface area (Å²) in [7, 11) is 1.40. The van der Waals surface area contributed by atoms with Crippen molar-refractivity contribution in [2.45, 2.75) is 25.6 Å². The lowest BCUT2D eigenvalue weighted by molar-refractivity contribution is 0.0891. The molecule has 0 fully saturated rings. The normalized spacial score (nSPS) is 19.0. The number of fused-ring (bicyclic) bond motifs is 1. The first-order chi connectivity index (χ1) is 8.10. The second-order valence-corrected chi connectivity index (χ2v) is 4.01. The van der Waals surface area contributed by atoms with Crippen LogP contribution in [0.1, 0.15) is 40.4 Å². The molecule has 0 saturated carbocycles. The zero-order valence-electron chi connectivity index (χ0n) is 9.43. The van der Waals surface area contributed by atoms with Crippen LogP contribution in [0.25, 0.3) is 0 Å². The highest BCUT2D eigenvalue weighted by Gasteiger charge is 2.30. The van der Waals surface area contributed by atoms with Gasteiger partial charge in [-0.15, -0.1) is 0 Å². The Morgan fingerprint density at radius 1 is 1.53 bits per heavy atom. The van der Waals surface area contributed by atoms with Gasteiger partial charge in [-0.25, -0.2) is 0 Å². The molecule has 5 heteroatoms. The van der Waals surface area contributed by atoms with Crippen LogP contribution in [0.2, 0.25) is 0 Å². The molecule has 0 bridgehead atoms. The maximum atomic E-state index is 11.7. The molecule has 92 valence electrons. The van der Waals surface area contributed by atoms with Gasteiger partial charge in [-0.3, -0.25) is 4.79 Å². The summed E-state index contributed by atoms with van der Waals surface area (Å²) in [6, 6.07) is 1.50. The topological polar surface area (TPSA) is 87.0 Å². The molecule has 5 nitrogen and oxygen atoms in total. The smallest absolute Gasteiger partial charge is 0.167 e. The van der Waals surface area contributed by atoms with Crippen LogP contribution in [0.4, 0.5) is 0 Å². The van der Waals surface area contributed by atoms with Crippen LogP contribution in [-0.4, -0.2) is 28.2 Å². The summed E-state index contributed by atoms with van der Waals surface area (Å²) < 4.78 is 5.02. The average Bonchev–Trinajstić information content (AvgIpc) is 2.33. The monoisotopic (exact) mass is 238 g/mol. The summed E-state index contributed by atoms with van der Waals surface area (Å²) in [5.41, 5.74) is 0.648. The van der Waals surface area contributed by atoms with Crippen molar-refractivity contribution in [2.24, 2.45) is 0 Å². The van der Waals surface area contributed by atoms with Gasteiger partial charge in [0, 0.05) is 6.42 Å². The predicted molar refractivity (Wildman–Crippen MR) is 59.1 cm³/mol. The number of ketones is 1. The number of rotatable bonds is 2. The van der Waals surface area contributed by atoms with Gasteiger partial charge in [0.15, 0.2) is 5.78 Å². The summed E-state index contributed by atoms with van der Waals surface area (Å²) in [6.45, 7) is -0.425. The van der Waals surface area contributed by atoms with Crippen molar-refractivity contribution >= 4 is 5.78 Å². The number of hydrogen-bond acceptors (Lipinski definition) is 5. The van der Waals surface area contributed by atoms with Crippen molar-refractivity contribution in [1.82, 2.24) is 0 Å². The Morgan fingerprint density at radius 2 is 2.24 bits per heavy atom. The number of benzene rings is 1. The molecule has 0 aliphatic heterocycles. The third-order valence-electron chi connectivity index (χ3n) is 3.06. The van der Waals surface area contributed by atoms with Gasteiger partial charge < -0.3 is 20.1 Å². The van der Waals surface area contributed by atoms with E-state index in [-0.39, 0.29) is 34.8 Å². The number of carbonyl (C=O) groups is 1. The Morgan fingerprint density at radius 3 is 2.82 bits per heavy atom. The Bertz CT molecular complexity index is 466. The second-order valence-electron chi connectivity index (χ2n) is 4.01. The molecule has 0 heterocycles. The van der Waals surface area contributed by atoms with E-state index in [4.69, 9.17) is 4.74 Å². The molecular formula is C12H14O5. The number of aliphatic hydroxyl groups excluding tert-OH is 2. The quantitative estimate of drug-likeness (QED) is 0.712. The molecule has 0 spiro atoms. The fourth-order valence-electron chi connectivity index (χ4n) is 2.14.